The first-order chi connectivity index (χ1) is 12.5. The van der Waals surface area contributed by atoms with Crippen LogP contribution in [0, 0.1) is 5.82 Å². The molecule has 4 rings (SSSR count). The number of anilines is 1. The summed E-state index contributed by atoms with van der Waals surface area (Å²) in [7, 11) is 4.08. The molecule has 0 aliphatic carbocycles. The van der Waals surface area contributed by atoms with Gasteiger partial charge in [0.2, 0.25) is 0 Å². The molecule has 2 aromatic carbocycles. The fourth-order valence-electron chi connectivity index (χ4n) is 3.83. The van der Waals surface area contributed by atoms with Gasteiger partial charge in [-0.25, -0.2) is 4.39 Å². The van der Waals surface area contributed by atoms with E-state index >= 15 is 0 Å². The van der Waals surface area contributed by atoms with Crippen molar-refractivity contribution in [2.75, 3.05) is 25.5 Å². The van der Waals surface area contributed by atoms with Gasteiger partial charge in [-0.2, -0.15) is 0 Å². The van der Waals surface area contributed by atoms with Crippen LogP contribution in [0.5, 0.6) is 0 Å². The molecule has 0 fully saturated rings. The normalized spacial score (nSPS) is 17.0. The Kier molecular flexibility index (Phi) is 4.29. The van der Waals surface area contributed by atoms with E-state index in [1.54, 1.807) is 12.1 Å². The van der Waals surface area contributed by atoms with Crippen LogP contribution in [0.3, 0.4) is 0 Å². The SMILES string of the molecule is CC1NCCc2c1c1cc(F)ccc1n2C=Cc1ccc(N(C)C)cc1. The van der Waals surface area contributed by atoms with Gasteiger partial charge < -0.3 is 14.8 Å². The maximum Gasteiger partial charge on any atom is 0.123 e. The van der Waals surface area contributed by atoms with Crippen molar-refractivity contribution in [3.8, 4) is 0 Å². The second-order valence-electron chi connectivity index (χ2n) is 7.12. The van der Waals surface area contributed by atoms with Crippen molar-refractivity contribution in [2.24, 2.45) is 0 Å². The van der Waals surface area contributed by atoms with Gasteiger partial charge in [0.25, 0.3) is 0 Å². The van der Waals surface area contributed by atoms with Crippen molar-refractivity contribution < 1.29 is 4.39 Å². The molecule has 0 spiro atoms. The minimum absolute atomic E-state index is 0.182. The van der Waals surface area contributed by atoms with Crippen LogP contribution in [0.1, 0.15) is 29.8 Å². The van der Waals surface area contributed by atoms with Crippen molar-refractivity contribution in [1.29, 1.82) is 0 Å². The van der Waals surface area contributed by atoms with E-state index in [0.717, 1.165) is 29.4 Å². The third-order valence-electron chi connectivity index (χ3n) is 5.18. The zero-order valence-electron chi connectivity index (χ0n) is 15.5. The number of fused-ring (bicyclic) bond motifs is 3. The molecule has 4 heteroatoms. The summed E-state index contributed by atoms with van der Waals surface area (Å²) in [6.07, 6.45) is 5.18. The fourth-order valence-corrected chi connectivity index (χ4v) is 3.83. The highest BCUT2D eigenvalue weighted by Gasteiger charge is 2.24. The Morgan fingerprint density at radius 3 is 2.65 bits per heavy atom. The molecular weight excluding hydrogens is 325 g/mol. The molecule has 0 saturated heterocycles. The monoisotopic (exact) mass is 349 g/mol. The Hall–Kier alpha value is -2.59. The topological polar surface area (TPSA) is 20.2 Å². The van der Waals surface area contributed by atoms with Crippen LogP contribution < -0.4 is 10.2 Å². The summed E-state index contributed by atoms with van der Waals surface area (Å²) in [6.45, 7) is 3.09. The van der Waals surface area contributed by atoms with Crippen molar-refractivity contribution >= 4 is 28.9 Å². The van der Waals surface area contributed by atoms with Crippen LogP contribution in [-0.2, 0) is 6.42 Å². The maximum absolute atomic E-state index is 13.8. The average Bonchev–Trinajstić information content (AvgIpc) is 2.94. The molecule has 0 saturated carbocycles. The van der Waals surface area contributed by atoms with Gasteiger partial charge in [-0.3, -0.25) is 0 Å². The van der Waals surface area contributed by atoms with Gasteiger partial charge in [0.05, 0.1) is 5.52 Å². The molecule has 1 N–H and O–H groups in total. The van der Waals surface area contributed by atoms with E-state index in [-0.39, 0.29) is 11.9 Å². The van der Waals surface area contributed by atoms with Crippen LogP contribution in [0.2, 0.25) is 0 Å². The molecule has 3 nitrogen and oxygen atoms in total. The van der Waals surface area contributed by atoms with E-state index in [9.17, 15) is 4.39 Å². The van der Waals surface area contributed by atoms with E-state index in [4.69, 9.17) is 0 Å². The molecule has 0 bridgehead atoms. The van der Waals surface area contributed by atoms with Crippen molar-refractivity contribution in [2.45, 2.75) is 19.4 Å². The first-order valence-electron chi connectivity index (χ1n) is 9.06. The third kappa shape index (κ3) is 2.90. The molecule has 1 aliphatic heterocycles. The number of hydrogen-bond acceptors (Lipinski definition) is 2. The summed E-state index contributed by atoms with van der Waals surface area (Å²) in [4.78, 5) is 2.09. The molecule has 0 amide bonds. The summed E-state index contributed by atoms with van der Waals surface area (Å²) >= 11 is 0. The van der Waals surface area contributed by atoms with Gasteiger partial charge in [-0.15, -0.1) is 0 Å². The van der Waals surface area contributed by atoms with Crippen LogP contribution in [0.15, 0.2) is 42.5 Å². The van der Waals surface area contributed by atoms with Crippen molar-refractivity contribution in [1.82, 2.24) is 9.88 Å². The lowest BCUT2D eigenvalue weighted by molar-refractivity contribution is 0.537. The number of hydrogen-bond donors (Lipinski definition) is 1. The molecule has 3 aromatic rings. The summed E-state index contributed by atoms with van der Waals surface area (Å²) in [5.74, 6) is -0.182. The minimum atomic E-state index is -0.182. The lowest BCUT2D eigenvalue weighted by atomic mass is 9.99. The summed E-state index contributed by atoms with van der Waals surface area (Å²) in [5, 5.41) is 4.50. The van der Waals surface area contributed by atoms with E-state index in [0.29, 0.717) is 0 Å². The average molecular weight is 349 g/mol. The first-order valence-corrected chi connectivity index (χ1v) is 9.06. The minimum Gasteiger partial charge on any atom is -0.378 e. The Morgan fingerprint density at radius 1 is 1.15 bits per heavy atom. The lowest BCUT2D eigenvalue weighted by Gasteiger charge is -2.22. The predicted molar refractivity (Wildman–Crippen MR) is 108 cm³/mol. The molecule has 1 unspecified atom stereocenters. The largest absolute Gasteiger partial charge is 0.378 e. The smallest absolute Gasteiger partial charge is 0.123 e. The molecule has 134 valence electrons. The van der Waals surface area contributed by atoms with Crippen LogP contribution in [0.25, 0.3) is 23.2 Å². The van der Waals surface area contributed by atoms with E-state index in [1.165, 1.54) is 16.9 Å². The zero-order chi connectivity index (χ0) is 18.3. The Bertz CT molecular complexity index is 967. The van der Waals surface area contributed by atoms with Gasteiger partial charge >= 0.3 is 0 Å². The molecule has 1 atom stereocenters. The molecule has 1 aromatic heterocycles. The van der Waals surface area contributed by atoms with Crippen LogP contribution in [0.4, 0.5) is 10.1 Å². The number of rotatable bonds is 3. The standard InChI is InChI=1S/C22H24FN3/c1-15-22-19-14-17(23)6-9-20(19)26(21(22)10-12-24-15)13-11-16-4-7-18(8-5-16)25(2)3/h4-9,11,13-15,24H,10,12H2,1-3H3. The Labute approximate surface area is 153 Å². The van der Waals surface area contributed by atoms with Crippen molar-refractivity contribution in [3.63, 3.8) is 0 Å². The van der Waals surface area contributed by atoms with Gasteiger partial charge in [0, 0.05) is 56.1 Å². The van der Waals surface area contributed by atoms with E-state index in [1.807, 2.05) is 20.2 Å². The second kappa shape index (κ2) is 6.61. The summed E-state index contributed by atoms with van der Waals surface area (Å²) in [6, 6.07) is 13.8. The maximum atomic E-state index is 13.8. The molecule has 0 radical (unpaired) electrons. The number of benzene rings is 2. The summed E-state index contributed by atoms with van der Waals surface area (Å²) < 4.78 is 16.1. The van der Waals surface area contributed by atoms with E-state index < -0.39 is 0 Å². The van der Waals surface area contributed by atoms with Gasteiger partial charge in [-0.05, 0) is 54.5 Å². The summed E-state index contributed by atoms with van der Waals surface area (Å²) in [5.41, 5.74) is 5.89. The van der Waals surface area contributed by atoms with Gasteiger partial charge in [0.15, 0.2) is 0 Å². The highest BCUT2D eigenvalue weighted by atomic mass is 19.1. The molecule has 2 heterocycles. The molecule has 26 heavy (non-hydrogen) atoms. The molecule has 1 aliphatic rings. The fraction of sp³-hybridized carbons (Fsp3) is 0.273. The Balaban J connectivity index is 1.79. The number of nitrogens with zero attached hydrogens (tertiary/aromatic N) is 2. The van der Waals surface area contributed by atoms with Gasteiger partial charge in [0.1, 0.15) is 5.82 Å². The lowest BCUT2D eigenvalue weighted by Crippen LogP contribution is -2.28. The highest BCUT2D eigenvalue weighted by Crippen LogP contribution is 2.34. The van der Waals surface area contributed by atoms with Crippen LogP contribution >= 0.6 is 0 Å². The van der Waals surface area contributed by atoms with Gasteiger partial charge in [-0.1, -0.05) is 12.1 Å². The van der Waals surface area contributed by atoms with Crippen LogP contribution in [-0.4, -0.2) is 25.2 Å². The van der Waals surface area contributed by atoms with Crippen molar-refractivity contribution in [3.05, 3.63) is 65.1 Å². The number of halogens is 1. The third-order valence-corrected chi connectivity index (χ3v) is 5.18. The number of nitrogens with one attached hydrogen (secondary N) is 1. The Morgan fingerprint density at radius 2 is 1.92 bits per heavy atom. The number of aromatic nitrogens is 1. The predicted octanol–water partition coefficient (Wildman–Crippen LogP) is 4.68. The highest BCUT2D eigenvalue weighted by molar-refractivity contribution is 5.89. The quantitative estimate of drug-likeness (QED) is 0.741. The van der Waals surface area contributed by atoms with E-state index in [2.05, 4.69) is 58.2 Å². The second-order valence-corrected chi connectivity index (χ2v) is 7.12. The zero-order valence-corrected chi connectivity index (χ0v) is 15.5. The first kappa shape index (κ1) is 16.9. The molecular formula is C22H24FN3.